The summed E-state index contributed by atoms with van der Waals surface area (Å²) >= 11 is 0. The summed E-state index contributed by atoms with van der Waals surface area (Å²) in [5, 5.41) is 17.4. The van der Waals surface area contributed by atoms with Crippen LogP contribution in [-0.4, -0.2) is 18.0 Å². The summed E-state index contributed by atoms with van der Waals surface area (Å²) in [6, 6.07) is 5.12. The number of nitrogens with one attached hydrogen (secondary N) is 2. The molecule has 5 heteroatoms. The second-order valence-corrected chi connectivity index (χ2v) is 5.78. The van der Waals surface area contributed by atoms with E-state index in [-0.39, 0.29) is 10.6 Å². The highest BCUT2D eigenvalue weighted by Gasteiger charge is 2.14. The smallest absolute Gasteiger partial charge is 0.273 e. The molecule has 0 atom stereocenters. The molecule has 1 aliphatic rings. The van der Waals surface area contributed by atoms with Crippen LogP contribution < -0.4 is 10.6 Å². The van der Waals surface area contributed by atoms with Crippen molar-refractivity contribution in [1.29, 1.82) is 0 Å². The molecule has 5 nitrogen and oxygen atoms in total. The van der Waals surface area contributed by atoms with Gasteiger partial charge in [-0.05, 0) is 31.7 Å². The van der Waals surface area contributed by atoms with Crippen LogP contribution in [0.3, 0.4) is 0 Å². The normalized spacial score (nSPS) is 15.1. The first-order chi connectivity index (χ1) is 10.2. The van der Waals surface area contributed by atoms with Crippen molar-refractivity contribution in [2.24, 2.45) is 5.92 Å². The molecule has 0 heterocycles. The molecule has 2 N–H and O–H groups in total. The number of nitrogens with zero attached hydrogens (tertiary/aromatic N) is 1. The van der Waals surface area contributed by atoms with E-state index in [4.69, 9.17) is 0 Å². The van der Waals surface area contributed by atoms with Gasteiger partial charge in [-0.15, -0.1) is 0 Å². The Kier molecular flexibility index (Phi) is 5.84. The molecule has 0 bridgehead atoms. The Morgan fingerprint density at radius 2 is 1.86 bits per heavy atom. The Balaban J connectivity index is 1.86. The van der Waals surface area contributed by atoms with E-state index < -0.39 is 0 Å². The Bertz CT molecular complexity index is 471. The topological polar surface area (TPSA) is 67.2 Å². The Hall–Kier alpha value is -1.78. The zero-order valence-corrected chi connectivity index (χ0v) is 12.7. The number of rotatable bonds is 8. The monoisotopic (exact) mass is 291 g/mol. The maximum atomic E-state index is 11.0. The van der Waals surface area contributed by atoms with Crippen molar-refractivity contribution in [3.8, 4) is 0 Å². The Labute approximate surface area is 126 Å². The van der Waals surface area contributed by atoms with Crippen molar-refractivity contribution in [2.45, 2.75) is 45.4 Å². The molecule has 1 fully saturated rings. The van der Waals surface area contributed by atoms with Crippen LogP contribution >= 0.6 is 0 Å². The Morgan fingerprint density at radius 3 is 2.48 bits per heavy atom. The van der Waals surface area contributed by atoms with E-state index >= 15 is 0 Å². The molecule has 2 rings (SSSR count). The molecule has 1 aromatic carbocycles. The summed E-state index contributed by atoms with van der Waals surface area (Å²) in [7, 11) is 0. The highest BCUT2D eigenvalue weighted by molar-refractivity contribution is 5.63. The lowest BCUT2D eigenvalue weighted by Gasteiger charge is -2.11. The van der Waals surface area contributed by atoms with E-state index in [0.717, 1.165) is 36.8 Å². The van der Waals surface area contributed by atoms with Crippen molar-refractivity contribution >= 4 is 17.1 Å². The average molecular weight is 291 g/mol. The van der Waals surface area contributed by atoms with E-state index in [0.29, 0.717) is 0 Å². The van der Waals surface area contributed by atoms with Crippen molar-refractivity contribution in [3.63, 3.8) is 0 Å². The molecule has 1 aliphatic carbocycles. The molecule has 0 unspecified atom stereocenters. The van der Waals surface area contributed by atoms with Gasteiger partial charge < -0.3 is 10.6 Å². The fourth-order valence-electron chi connectivity index (χ4n) is 3.05. The number of anilines is 2. The van der Waals surface area contributed by atoms with E-state index in [2.05, 4.69) is 10.6 Å². The van der Waals surface area contributed by atoms with Gasteiger partial charge in [0, 0.05) is 36.6 Å². The average Bonchev–Trinajstić information content (AvgIpc) is 2.97. The second-order valence-electron chi connectivity index (χ2n) is 5.78. The molecule has 0 aliphatic heterocycles. The predicted molar refractivity (Wildman–Crippen MR) is 86.9 cm³/mol. The lowest BCUT2D eigenvalue weighted by Crippen LogP contribution is -2.06. The highest BCUT2D eigenvalue weighted by atomic mass is 16.6. The molecular formula is C16H25N3O2. The first kappa shape index (κ1) is 15.6. The zero-order chi connectivity index (χ0) is 15.1. The zero-order valence-electron chi connectivity index (χ0n) is 12.7. The molecular weight excluding hydrogens is 266 g/mol. The minimum Gasteiger partial charge on any atom is -0.385 e. The summed E-state index contributed by atoms with van der Waals surface area (Å²) in [5.74, 6) is 0.897. The molecule has 0 aromatic heterocycles. The molecule has 0 amide bonds. The van der Waals surface area contributed by atoms with Crippen LogP contribution in [0.5, 0.6) is 0 Å². The van der Waals surface area contributed by atoms with E-state index in [1.54, 1.807) is 12.1 Å². The summed E-state index contributed by atoms with van der Waals surface area (Å²) in [5.41, 5.74) is 1.75. The van der Waals surface area contributed by atoms with Gasteiger partial charge in [0.2, 0.25) is 0 Å². The van der Waals surface area contributed by atoms with Crippen LogP contribution in [0.25, 0.3) is 0 Å². The number of hydrogen-bond acceptors (Lipinski definition) is 4. The van der Waals surface area contributed by atoms with Gasteiger partial charge in [-0.3, -0.25) is 10.1 Å². The van der Waals surface area contributed by atoms with Crippen LogP contribution in [0, 0.1) is 16.0 Å². The van der Waals surface area contributed by atoms with Gasteiger partial charge in [0.05, 0.1) is 4.92 Å². The standard InChI is InChI=1S/C16H25N3O2/c1-2-17-14-10-15(12-16(11-14)19(20)21)18-9-5-8-13-6-3-4-7-13/h10-13,17-18H,2-9H2,1H3. The molecule has 1 saturated carbocycles. The second kappa shape index (κ2) is 7.86. The molecule has 0 spiro atoms. The quantitative estimate of drug-likeness (QED) is 0.423. The van der Waals surface area contributed by atoms with E-state index in [9.17, 15) is 10.1 Å². The van der Waals surface area contributed by atoms with Gasteiger partial charge in [-0.1, -0.05) is 25.7 Å². The van der Waals surface area contributed by atoms with Crippen LogP contribution in [-0.2, 0) is 0 Å². The first-order valence-corrected chi connectivity index (χ1v) is 7.96. The first-order valence-electron chi connectivity index (χ1n) is 7.96. The van der Waals surface area contributed by atoms with Gasteiger partial charge in [-0.2, -0.15) is 0 Å². The largest absolute Gasteiger partial charge is 0.385 e. The van der Waals surface area contributed by atoms with Gasteiger partial charge in [0.1, 0.15) is 0 Å². The molecule has 0 saturated heterocycles. The fraction of sp³-hybridized carbons (Fsp3) is 0.625. The summed E-state index contributed by atoms with van der Waals surface area (Å²) < 4.78 is 0. The van der Waals surface area contributed by atoms with Crippen LogP contribution in [0.1, 0.15) is 45.4 Å². The predicted octanol–water partition coefficient (Wildman–Crippen LogP) is 4.41. The summed E-state index contributed by atoms with van der Waals surface area (Å²) in [4.78, 5) is 10.6. The minimum absolute atomic E-state index is 0.131. The lowest BCUT2D eigenvalue weighted by molar-refractivity contribution is -0.384. The summed E-state index contributed by atoms with van der Waals surface area (Å²) in [6.07, 6.45) is 7.92. The number of nitro groups is 1. The van der Waals surface area contributed by atoms with E-state index in [1.807, 2.05) is 13.0 Å². The maximum absolute atomic E-state index is 11.0. The van der Waals surface area contributed by atoms with Crippen LogP contribution in [0.2, 0.25) is 0 Å². The van der Waals surface area contributed by atoms with Gasteiger partial charge in [-0.25, -0.2) is 0 Å². The third-order valence-corrected chi connectivity index (χ3v) is 4.10. The number of benzene rings is 1. The Morgan fingerprint density at radius 1 is 1.19 bits per heavy atom. The van der Waals surface area contributed by atoms with E-state index in [1.165, 1.54) is 32.1 Å². The van der Waals surface area contributed by atoms with Crippen LogP contribution in [0.15, 0.2) is 18.2 Å². The van der Waals surface area contributed by atoms with Crippen molar-refractivity contribution < 1.29 is 4.92 Å². The molecule has 0 radical (unpaired) electrons. The number of hydrogen-bond donors (Lipinski definition) is 2. The van der Waals surface area contributed by atoms with Gasteiger partial charge >= 0.3 is 0 Å². The number of nitro benzene ring substituents is 1. The summed E-state index contributed by atoms with van der Waals surface area (Å²) in [6.45, 7) is 3.61. The fourth-order valence-corrected chi connectivity index (χ4v) is 3.05. The third kappa shape index (κ3) is 4.92. The van der Waals surface area contributed by atoms with Crippen molar-refractivity contribution in [1.82, 2.24) is 0 Å². The minimum atomic E-state index is -0.343. The van der Waals surface area contributed by atoms with Crippen LogP contribution in [0.4, 0.5) is 17.1 Å². The van der Waals surface area contributed by atoms with Crippen molar-refractivity contribution in [3.05, 3.63) is 28.3 Å². The molecule has 21 heavy (non-hydrogen) atoms. The third-order valence-electron chi connectivity index (χ3n) is 4.10. The van der Waals surface area contributed by atoms with Gasteiger partial charge in [0.25, 0.3) is 5.69 Å². The lowest BCUT2D eigenvalue weighted by atomic mass is 10.0. The highest BCUT2D eigenvalue weighted by Crippen LogP contribution is 2.29. The number of non-ortho nitro benzene ring substituents is 1. The van der Waals surface area contributed by atoms with Crippen molar-refractivity contribution in [2.75, 3.05) is 23.7 Å². The maximum Gasteiger partial charge on any atom is 0.273 e. The SMILES string of the molecule is CCNc1cc(NCCCC2CCCC2)cc([N+](=O)[O-])c1. The van der Waals surface area contributed by atoms with Gasteiger partial charge in [0.15, 0.2) is 0 Å². The molecule has 1 aromatic rings. The molecule has 116 valence electrons.